The van der Waals surface area contributed by atoms with E-state index >= 15 is 0 Å². The largest absolute Gasteiger partial charge is 0.493 e. The molecule has 0 aliphatic carbocycles. The van der Waals surface area contributed by atoms with Gasteiger partial charge in [-0.25, -0.2) is 4.39 Å². The number of hydrogen-bond donors (Lipinski definition) is 0. The molecular formula is C21H20FNO5. The molecule has 2 amide bonds. The zero-order valence-electron chi connectivity index (χ0n) is 15.2. The summed E-state index contributed by atoms with van der Waals surface area (Å²) in [5, 5.41) is 0. The summed E-state index contributed by atoms with van der Waals surface area (Å²) in [5.41, 5.74) is 0.799. The fourth-order valence-corrected chi connectivity index (χ4v) is 2.86. The van der Waals surface area contributed by atoms with Gasteiger partial charge in [0.05, 0.1) is 24.3 Å². The number of hydrogen-bond acceptors (Lipinski definition) is 5. The highest BCUT2D eigenvalue weighted by atomic mass is 19.1. The Morgan fingerprint density at radius 3 is 2.18 bits per heavy atom. The number of benzene rings is 2. The summed E-state index contributed by atoms with van der Waals surface area (Å²) in [7, 11) is 0. The number of fused-ring (bicyclic) bond motifs is 1. The maximum atomic E-state index is 12.8. The molecule has 1 aliphatic heterocycles. The van der Waals surface area contributed by atoms with Gasteiger partial charge in [0.15, 0.2) is 0 Å². The Morgan fingerprint density at radius 2 is 1.54 bits per heavy atom. The number of imide groups is 1. The molecule has 0 saturated carbocycles. The maximum absolute atomic E-state index is 12.8. The number of nitrogens with zero attached hydrogens (tertiary/aromatic N) is 1. The van der Waals surface area contributed by atoms with Crippen LogP contribution in [-0.2, 0) is 9.53 Å². The summed E-state index contributed by atoms with van der Waals surface area (Å²) < 4.78 is 23.3. The zero-order chi connectivity index (χ0) is 19.9. The SMILES string of the molecule is O=C(CCCN1C(=O)c2ccccc2C1=O)OCCCOc1ccc(F)cc1. The second kappa shape index (κ2) is 9.12. The molecule has 0 aromatic heterocycles. The summed E-state index contributed by atoms with van der Waals surface area (Å²) in [6, 6.07) is 12.3. The van der Waals surface area contributed by atoms with E-state index < -0.39 is 5.97 Å². The van der Waals surface area contributed by atoms with Gasteiger partial charge in [-0.1, -0.05) is 12.1 Å². The van der Waals surface area contributed by atoms with Crippen LogP contribution in [0.1, 0.15) is 40.0 Å². The zero-order valence-corrected chi connectivity index (χ0v) is 15.2. The molecule has 2 aromatic rings. The molecule has 0 bridgehead atoms. The van der Waals surface area contributed by atoms with Crippen LogP contribution in [0.15, 0.2) is 48.5 Å². The summed E-state index contributed by atoms with van der Waals surface area (Å²) in [5.74, 6) is -0.826. The number of rotatable bonds is 9. The van der Waals surface area contributed by atoms with Gasteiger partial charge in [-0.05, 0) is 42.8 Å². The lowest BCUT2D eigenvalue weighted by Gasteiger charge is -2.13. The topological polar surface area (TPSA) is 72.9 Å². The van der Waals surface area contributed by atoms with Crippen molar-refractivity contribution in [1.82, 2.24) is 4.90 Å². The highest BCUT2D eigenvalue weighted by molar-refractivity contribution is 6.21. The van der Waals surface area contributed by atoms with Crippen LogP contribution in [-0.4, -0.2) is 42.4 Å². The first kappa shape index (κ1) is 19.5. The minimum atomic E-state index is -0.390. The predicted octanol–water partition coefficient (Wildman–Crippen LogP) is 3.21. The lowest BCUT2D eigenvalue weighted by Crippen LogP contribution is -2.31. The van der Waals surface area contributed by atoms with Crippen molar-refractivity contribution < 1.29 is 28.2 Å². The summed E-state index contributed by atoms with van der Waals surface area (Å²) in [4.78, 5) is 37.4. The van der Waals surface area contributed by atoms with Crippen molar-refractivity contribution in [3.8, 4) is 5.75 Å². The number of amides is 2. The molecule has 1 heterocycles. The third kappa shape index (κ3) is 4.73. The third-order valence-electron chi connectivity index (χ3n) is 4.27. The van der Waals surface area contributed by atoms with Crippen LogP contribution in [0.25, 0.3) is 0 Å². The van der Waals surface area contributed by atoms with Crippen LogP contribution >= 0.6 is 0 Å². The van der Waals surface area contributed by atoms with E-state index in [9.17, 15) is 18.8 Å². The Labute approximate surface area is 161 Å². The van der Waals surface area contributed by atoms with Crippen LogP contribution in [0.2, 0.25) is 0 Å². The predicted molar refractivity (Wildman–Crippen MR) is 98.5 cm³/mol. The van der Waals surface area contributed by atoms with E-state index in [1.54, 1.807) is 24.3 Å². The molecule has 1 aliphatic rings. The monoisotopic (exact) mass is 385 g/mol. The van der Waals surface area contributed by atoms with Crippen LogP contribution in [0.4, 0.5) is 4.39 Å². The normalized spacial score (nSPS) is 12.8. The molecule has 146 valence electrons. The molecule has 0 unspecified atom stereocenters. The van der Waals surface area contributed by atoms with Gasteiger partial charge in [0.1, 0.15) is 11.6 Å². The molecule has 0 fully saturated rings. The van der Waals surface area contributed by atoms with Gasteiger partial charge < -0.3 is 9.47 Å². The molecule has 0 atom stereocenters. The lowest BCUT2D eigenvalue weighted by molar-refractivity contribution is -0.144. The number of halogens is 1. The van der Waals surface area contributed by atoms with Crippen molar-refractivity contribution >= 4 is 17.8 Å². The van der Waals surface area contributed by atoms with E-state index in [2.05, 4.69) is 0 Å². The Bertz CT molecular complexity index is 830. The van der Waals surface area contributed by atoms with Gasteiger partial charge in [0.2, 0.25) is 0 Å². The maximum Gasteiger partial charge on any atom is 0.305 e. The quantitative estimate of drug-likeness (QED) is 0.377. The highest BCUT2D eigenvalue weighted by Crippen LogP contribution is 2.22. The second-order valence-electron chi connectivity index (χ2n) is 6.29. The minimum absolute atomic E-state index is 0.117. The standard InChI is InChI=1S/C21H20FNO5/c22-15-8-10-16(11-9-15)27-13-4-14-28-19(24)7-3-12-23-20(25)17-5-1-2-6-18(17)21(23)26/h1-2,5-6,8-11H,3-4,7,12-14H2. The summed E-state index contributed by atoms with van der Waals surface area (Å²) in [6.07, 6.45) is 0.962. The molecule has 6 nitrogen and oxygen atoms in total. The van der Waals surface area contributed by atoms with E-state index in [-0.39, 0.29) is 37.2 Å². The van der Waals surface area contributed by atoms with Crippen molar-refractivity contribution in [3.05, 3.63) is 65.5 Å². The van der Waals surface area contributed by atoms with Crippen molar-refractivity contribution in [2.45, 2.75) is 19.3 Å². The fraction of sp³-hybridized carbons (Fsp3) is 0.286. The van der Waals surface area contributed by atoms with Gasteiger partial charge in [-0.2, -0.15) is 0 Å². The van der Waals surface area contributed by atoms with Gasteiger partial charge in [0.25, 0.3) is 11.8 Å². The molecule has 0 N–H and O–H groups in total. The van der Waals surface area contributed by atoms with E-state index in [0.717, 1.165) is 4.90 Å². The Balaban J connectivity index is 1.30. The molecule has 7 heteroatoms. The van der Waals surface area contributed by atoms with Crippen molar-refractivity contribution in [2.75, 3.05) is 19.8 Å². The van der Waals surface area contributed by atoms with Crippen LogP contribution in [0.5, 0.6) is 5.75 Å². The first-order valence-corrected chi connectivity index (χ1v) is 9.05. The Morgan fingerprint density at radius 1 is 0.893 bits per heavy atom. The van der Waals surface area contributed by atoms with E-state index in [0.29, 0.717) is 36.3 Å². The van der Waals surface area contributed by atoms with Crippen LogP contribution in [0, 0.1) is 5.82 Å². The Kier molecular flexibility index (Phi) is 6.37. The number of esters is 1. The average molecular weight is 385 g/mol. The van der Waals surface area contributed by atoms with Gasteiger partial charge >= 0.3 is 5.97 Å². The first-order chi connectivity index (χ1) is 13.6. The van der Waals surface area contributed by atoms with E-state index in [1.165, 1.54) is 24.3 Å². The Hall–Kier alpha value is -3.22. The highest BCUT2D eigenvalue weighted by Gasteiger charge is 2.34. The molecule has 28 heavy (non-hydrogen) atoms. The first-order valence-electron chi connectivity index (χ1n) is 9.05. The average Bonchev–Trinajstić information content (AvgIpc) is 2.94. The number of carbonyl (C=O) groups excluding carboxylic acids is 3. The minimum Gasteiger partial charge on any atom is -0.493 e. The molecule has 2 aromatic carbocycles. The fourth-order valence-electron chi connectivity index (χ4n) is 2.86. The molecule has 0 spiro atoms. The van der Waals surface area contributed by atoms with Gasteiger partial charge in [-0.3, -0.25) is 19.3 Å². The molecule has 0 saturated heterocycles. The summed E-state index contributed by atoms with van der Waals surface area (Å²) >= 11 is 0. The van der Waals surface area contributed by atoms with Gasteiger partial charge in [0, 0.05) is 19.4 Å². The molecule has 0 radical (unpaired) electrons. The smallest absolute Gasteiger partial charge is 0.305 e. The van der Waals surface area contributed by atoms with Crippen molar-refractivity contribution in [3.63, 3.8) is 0 Å². The lowest BCUT2D eigenvalue weighted by atomic mass is 10.1. The van der Waals surface area contributed by atoms with Crippen molar-refractivity contribution in [2.24, 2.45) is 0 Å². The van der Waals surface area contributed by atoms with Crippen LogP contribution in [0.3, 0.4) is 0 Å². The van der Waals surface area contributed by atoms with E-state index in [1.807, 2.05) is 0 Å². The van der Waals surface area contributed by atoms with Crippen molar-refractivity contribution in [1.29, 1.82) is 0 Å². The third-order valence-corrected chi connectivity index (χ3v) is 4.27. The number of ether oxygens (including phenoxy) is 2. The van der Waals surface area contributed by atoms with Crippen LogP contribution < -0.4 is 4.74 Å². The summed E-state index contributed by atoms with van der Waals surface area (Å²) in [6.45, 7) is 0.718. The molecular weight excluding hydrogens is 365 g/mol. The second-order valence-corrected chi connectivity index (χ2v) is 6.29. The molecule has 3 rings (SSSR count). The van der Waals surface area contributed by atoms with E-state index in [4.69, 9.17) is 9.47 Å². The van der Waals surface area contributed by atoms with Gasteiger partial charge in [-0.15, -0.1) is 0 Å². The number of carbonyl (C=O) groups is 3.